The van der Waals surface area contributed by atoms with Crippen molar-refractivity contribution >= 4 is 24.7 Å². The van der Waals surface area contributed by atoms with E-state index >= 15 is 0 Å². The summed E-state index contributed by atoms with van der Waals surface area (Å²) in [5.74, 6) is 0. The van der Waals surface area contributed by atoms with Crippen LogP contribution in [0.1, 0.15) is 6.92 Å². The molecule has 0 fully saturated rings. The Bertz CT molecular complexity index is 77.0. The first-order chi connectivity index (χ1) is 2.30. The number of rotatable bonds is 0. The fourth-order valence-electron chi connectivity index (χ4n) is 0.186. The molecule has 1 aliphatic heterocycles. The number of hydrogen-bond acceptors (Lipinski definition) is 1. The zero-order valence-electron chi connectivity index (χ0n) is 3.10. The van der Waals surface area contributed by atoms with Gasteiger partial charge in [0.15, 0.2) is 0 Å². The van der Waals surface area contributed by atoms with Crippen molar-refractivity contribution in [2.75, 3.05) is 0 Å². The van der Waals surface area contributed by atoms with E-state index in [1.165, 1.54) is 3.57 Å². The molecule has 0 saturated carbocycles. The van der Waals surface area contributed by atoms with Gasteiger partial charge in [0.25, 0.3) is 0 Å². The second-order valence-electron chi connectivity index (χ2n) is 1.23. The molecule has 0 radical (unpaired) electrons. The van der Waals surface area contributed by atoms with Crippen LogP contribution in [0.4, 0.5) is 0 Å². The van der Waals surface area contributed by atoms with E-state index in [1.54, 1.807) is 0 Å². The van der Waals surface area contributed by atoms with Crippen LogP contribution in [0.15, 0.2) is 0 Å². The molecule has 5 heavy (non-hydrogen) atoms. The van der Waals surface area contributed by atoms with Crippen LogP contribution in [0.25, 0.3) is 0 Å². The van der Waals surface area contributed by atoms with Crippen LogP contribution in [-0.4, -0.2) is 24.7 Å². The van der Waals surface area contributed by atoms with Gasteiger partial charge in [-0.15, -0.1) is 0 Å². The average Bonchev–Trinajstić information content (AvgIpc) is 1.79. The van der Waals surface area contributed by atoms with E-state index in [0.29, 0.717) is 0 Å². The van der Waals surface area contributed by atoms with E-state index in [1.807, 2.05) is 0 Å². The van der Waals surface area contributed by atoms with E-state index in [9.17, 15) is 0 Å². The topological polar surface area (TPSA) is 26.0 Å². The van der Waals surface area contributed by atoms with Crippen molar-refractivity contribution in [2.45, 2.75) is 10.8 Å². The molecule has 1 atom stereocenters. The zero-order valence-corrected chi connectivity index (χ0v) is 5.65. The van der Waals surface area contributed by atoms with Crippen molar-refractivity contribution in [3.63, 3.8) is 0 Å². The Labute approximate surface area is 41.6 Å². The summed E-state index contributed by atoms with van der Waals surface area (Å²) >= 11 is 0.133. The van der Waals surface area contributed by atoms with Gasteiger partial charge in [0.1, 0.15) is 0 Å². The van der Waals surface area contributed by atoms with Crippen molar-refractivity contribution in [1.82, 2.24) is 0 Å². The molecule has 0 saturated heterocycles. The van der Waals surface area contributed by atoms with Gasteiger partial charge in [-0.05, 0) is 0 Å². The normalized spacial score (nSPS) is 33.2. The Morgan fingerprint density at radius 2 is 2.20 bits per heavy atom. The van der Waals surface area contributed by atoms with Crippen LogP contribution in [0, 0.1) is 0 Å². The third-order valence-corrected chi connectivity index (χ3v) is 3.76. The molecule has 0 aromatic carbocycles. The molecule has 0 bridgehead atoms. The van der Waals surface area contributed by atoms with Gasteiger partial charge in [-0.3, -0.25) is 0 Å². The fourth-order valence-corrected chi connectivity index (χ4v) is 1.25. The Morgan fingerprint density at radius 1 is 2.00 bits per heavy atom. The van der Waals surface area contributed by atoms with Crippen molar-refractivity contribution < 1.29 is 0 Å². The minimum absolute atomic E-state index is 0.133. The summed E-state index contributed by atoms with van der Waals surface area (Å²) in [6.45, 7) is 2.20. The molecule has 0 spiro atoms. The molecule has 0 aliphatic carbocycles. The molecule has 1 rings (SSSR count). The molecule has 0 amide bonds. The summed E-state index contributed by atoms with van der Waals surface area (Å²) in [6, 6.07) is 0. The fraction of sp³-hybridized carbons (Fsp3) is 0.667. The second-order valence-corrected chi connectivity index (χ2v) is 5.65. The molecule has 0 aromatic rings. The van der Waals surface area contributed by atoms with Gasteiger partial charge in [0.2, 0.25) is 0 Å². The molecule has 1 nitrogen and oxygen atoms in total. The average molecular weight is 178 g/mol. The second kappa shape index (κ2) is 1.06. The van der Waals surface area contributed by atoms with Crippen molar-refractivity contribution in [3.05, 3.63) is 0 Å². The van der Waals surface area contributed by atoms with E-state index in [2.05, 4.69) is 6.92 Å². The molecular formula is C3H6NSb. The third-order valence-electron chi connectivity index (χ3n) is 0.703. The van der Waals surface area contributed by atoms with Crippen molar-refractivity contribution in [1.29, 1.82) is 0 Å². The Morgan fingerprint density at radius 3 is 2.20 bits per heavy atom. The standard InChI is InChI=1S/C3H6N.Sb/c1-2-3-4;/h2H,4H2,1H3;. The van der Waals surface area contributed by atoms with E-state index < -0.39 is 0 Å². The van der Waals surface area contributed by atoms with E-state index in [-0.39, 0.29) is 21.1 Å². The van der Waals surface area contributed by atoms with Crippen LogP contribution < -0.4 is 5.73 Å². The Balaban J connectivity index is 2.38. The molecular weight excluding hydrogens is 172 g/mol. The van der Waals surface area contributed by atoms with Gasteiger partial charge in [-0.2, -0.15) is 0 Å². The first-order valence-electron chi connectivity index (χ1n) is 1.64. The van der Waals surface area contributed by atoms with Crippen LogP contribution in [0.5, 0.6) is 0 Å². The van der Waals surface area contributed by atoms with Crippen molar-refractivity contribution in [3.8, 4) is 0 Å². The third kappa shape index (κ3) is 0.738. The first-order valence-corrected chi connectivity index (χ1v) is 4.39. The molecule has 2 N–H and O–H groups in total. The van der Waals surface area contributed by atoms with Crippen LogP contribution in [0.2, 0.25) is 3.86 Å². The number of hydrogen-bond donors (Lipinski definition) is 1. The molecule has 28 valence electrons. The van der Waals surface area contributed by atoms with Gasteiger partial charge in [-0.25, -0.2) is 0 Å². The maximum atomic E-state index is 5.35. The zero-order chi connectivity index (χ0) is 3.86. The van der Waals surface area contributed by atoms with E-state index in [4.69, 9.17) is 5.73 Å². The van der Waals surface area contributed by atoms with Crippen molar-refractivity contribution in [2.24, 2.45) is 5.73 Å². The summed E-state index contributed by atoms with van der Waals surface area (Å²) in [6.07, 6.45) is 0. The molecule has 0 aromatic heterocycles. The van der Waals surface area contributed by atoms with Crippen LogP contribution in [0.3, 0.4) is 0 Å². The first kappa shape index (κ1) is 3.83. The summed E-state index contributed by atoms with van der Waals surface area (Å²) in [5.41, 5.74) is 5.35. The molecule has 1 unspecified atom stereocenters. The van der Waals surface area contributed by atoms with Gasteiger partial charge >= 0.3 is 41.2 Å². The minimum atomic E-state index is 0.133. The SMILES string of the molecule is C[CH]1[Sb]=[C]1N. The monoisotopic (exact) mass is 177 g/mol. The maximum absolute atomic E-state index is 5.35. The number of nitrogens with two attached hydrogens (primary N) is 1. The molecule has 2 heteroatoms. The Kier molecular flexibility index (Phi) is 0.809. The predicted octanol–water partition coefficient (Wildman–Crippen LogP) is -0.399. The molecule has 1 heterocycles. The van der Waals surface area contributed by atoms with Gasteiger partial charge in [-0.1, -0.05) is 0 Å². The van der Waals surface area contributed by atoms with Gasteiger partial charge in [0.05, 0.1) is 0 Å². The van der Waals surface area contributed by atoms with Crippen LogP contribution >= 0.6 is 0 Å². The summed E-state index contributed by atoms with van der Waals surface area (Å²) in [4.78, 5) is 0. The van der Waals surface area contributed by atoms with E-state index in [0.717, 1.165) is 3.86 Å². The Hall–Kier alpha value is 0.648. The van der Waals surface area contributed by atoms with Gasteiger partial charge in [0, 0.05) is 0 Å². The molecule has 1 aliphatic rings. The summed E-state index contributed by atoms with van der Waals surface area (Å²) < 4.78 is 2.22. The summed E-state index contributed by atoms with van der Waals surface area (Å²) in [5, 5.41) is 0. The predicted molar refractivity (Wildman–Crippen MR) is 24.4 cm³/mol. The quantitative estimate of drug-likeness (QED) is 0.501. The summed E-state index contributed by atoms with van der Waals surface area (Å²) in [7, 11) is 0. The van der Waals surface area contributed by atoms with Crippen LogP contribution in [-0.2, 0) is 0 Å². The van der Waals surface area contributed by atoms with Gasteiger partial charge < -0.3 is 0 Å².